The molecule has 0 N–H and O–H groups in total. The van der Waals surface area contributed by atoms with E-state index in [1.165, 1.54) is 4.90 Å². The smallest absolute Gasteiger partial charge is 0.332 e. The molecule has 0 spiro atoms. The molecular weight excluding hydrogens is 328 g/mol. The van der Waals surface area contributed by atoms with Crippen LogP contribution in [0.15, 0.2) is 0 Å². The average molecular weight is 341 g/mol. The summed E-state index contributed by atoms with van der Waals surface area (Å²) in [5, 5.41) is 0. The Morgan fingerprint density at radius 2 is 2.38 bits per heavy atom. The van der Waals surface area contributed by atoms with Gasteiger partial charge in [-0.15, -0.1) is 0 Å². The highest BCUT2D eigenvalue weighted by molar-refractivity contribution is 14.1. The van der Waals surface area contributed by atoms with Crippen LogP contribution >= 0.6 is 22.6 Å². The standard InChI is InChI=1S/C10H13FINO3/c1-2-16-8(15)9-4-3-7(14)13(9)6-10(11,12)5-9/h2-6H2,1H3. The van der Waals surface area contributed by atoms with Crippen LogP contribution in [0.5, 0.6) is 0 Å². The first-order chi connectivity index (χ1) is 7.41. The van der Waals surface area contributed by atoms with Gasteiger partial charge in [0.2, 0.25) is 5.91 Å². The third kappa shape index (κ3) is 1.70. The molecule has 0 bridgehead atoms. The maximum Gasteiger partial charge on any atom is 0.332 e. The van der Waals surface area contributed by atoms with Gasteiger partial charge in [-0.1, -0.05) is 0 Å². The second-order valence-corrected chi connectivity index (χ2v) is 6.20. The molecule has 2 aliphatic heterocycles. The first-order valence-electron chi connectivity index (χ1n) is 5.27. The Morgan fingerprint density at radius 3 is 3.00 bits per heavy atom. The van der Waals surface area contributed by atoms with Gasteiger partial charge in [0.25, 0.3) is 0 Å². The van der Waals surface area contributed by atoms with E-state index < -0.39 is 15.2 Å². The van der Waals surface area contributed by atoms with E-state index in [9.17, 15) is 14.0 Å². The Morgan fingerprint density at radius 1 is 1.69 bits per heavy atom. The molecule has 2 saturated heterocycles. The summed E-state index contributed by atoms with van der Waals surface area (Å²) in [6, 6.07) is 0. The predicted octanol–water partition coefficient (Wildman–Crippen LogP) is 1.42. The fraction of sp³-hybridized carbons (Fsp3) is 0.800. The molecule has 2 heterocycles. The number of hydrogen-bond donors (Lipinski definition) is 0. The molecule has 2 atom stereocenters. The van der Waals surface area contributed by atoms with Crippen molar-refractivity contribution in [3.05, 3.63) is 0 Å². The van der Waals surface area contributed by atoms with Crippen molar-refractivity contribution < 1.29 is 18.7 Å². The number of carbonyl (C=O) groups is 2. The molecule has 1 amide bonds. The molecule has 4 nitrogen and oxygen atoms in total. The lowest BCUT2D eigenvalue weighted by atomic mass is 9.94. The zero-order valence-corrected chi connectivity index (χ0v) is 11.1. The molecule has 0 aliphatic carbocycles. The van der Waals surface area contributed by atoms with Gasteiger partial charge in [0.1, 0.15) is 5.54 Å². The number of alkyl halides is 2. The summed E-state index contributed by atoms with van der Waals surface area (Å²) in [5.41, 5.74) is -1.04. The van der Waals surface area contributed by atoms with Crippen LogP contribution in [0.2, 0.25) is 0 Å². The minimum Gasteiger partial charge on any atom is -0.464 e. The molecule has 0 aromatic heterocycles. The Balaban J connectivity index is 2.30. The number of fused-ring (bicyclic) bond motifs is 1. The minimum atomic E-state index is -1.51. The van der Waals surface area contributed by atoms with Gasteiger partial charge in [-0.05, 0) is 35.9 Å². The quantitative estimate of drug-likeness (QED) is 0.434. The average Bonchev–Trinajstić information content (AvgIpc) is 2.62. The number of nitrogens with zero attached hydrogens (tertiary/aromatic N) is 1. The van der Waals surface area contributed by atoms with Crippen molar-refractivity contribution in [3.8, 4) is 0 Å². The van der Waals surface area contributed by atoms with E-state index in [2.05, 4.69) is 0 Å². The second kappa shape index (κ2) is 3.82. The summed E-state index contributed by atoms with van der Waals surface area (Å²) < 4.78 is 17.4. The van der Waals surface area contributed by atoms with E-state index in [0.717, 1.165) is 0 Å². The van der Waals surface area contributed by atoms with Crippen LogP contribution in [0, 0.1) is 0 Å². The van der Waals surface area contributed by atoms with E-state index in [-0.39, 0.29) is 25.5 Å². The minimum absolute atomic E-state index is 0.00872. The molecule has 2 unspecified atom stereocenters. The lowest BCUT2D eigenvalue weighted by Crippen LogP contribution is -2.48. The van der Waals surface area contributed by atoms with Crippen molar-refractivity contribution in [2.24, 2.45) is 0 Å². The van der Waals surface area contributed by atoms with Crippen LogP contribution < -0.4 is 0 Å². The molecule has 90 valence electrons. The summed E-state index contributed by atoms with van der Waals surface area (Å²) in [7, 11) is 0. The number of rotatable bonds is 2. The van der Waals surface area contributed by atoms with E-state index in [1.54, 1.807) is 29.5 Å². The fourth-order valence-corrected chi connectivity index (χ4v) is 3.48. The van der Waals surface area contributed by atoms with E-state index >= 15 is 0 Å². The molecular formula is C10H13FINO3. The lowest BCUT2D eigenvalue weighted by Gasteiger charge is -2.28. The number of halogens is 2. The van der Waals surface area contributed by atoms with E-state index in [1.807, 2.05) is 0 Å². The Kier molecular flexibility index (Phi) is 2.88. The highest BCUT2D eigenvalue weighted by atomic mass is 127. The zero-order valence-electron chi connectivity index (χ0n) is 8.96. The lowest BCUT2D eigenvalue weighted by molar-refractivity contribution is -0.157. The van der Waals surface area contributed by atoms with Crippen LogP contribution in [0.3, 0.4) is 0 Å². The first-order valence-corrected chi connectivity index (χ1v) is 6.35. The van der Waals surface area contributed by atoms with E-state index in [4.69, 9.17) is 4.74 Å². The first kappa shape index (κ1) is 12.1. The number of ether oxygens (including phenoxy) is 1. The number of esters is 1. The largest absolute Gasteiger partial charge is 0.464 e. The van der Waals surface area contributed by atoms with Crippen LogP contribution in [0.4, 0.5) is 4.39 Å². The third-order valence-electron chi connectivity index (χ3n) is 3.17. The topological polar surface area (TPSA) is 46.6 Å². The third-order valence-corrected chi connectivity index (χ3v) is 3.89. The number of amides is 1. The van der Waals surface area contributed by atoms with Crippen molar-refractivity contribution >= 4 is 34.5 Å². The molecule has 0 aromatic rings. The fourth-order valence-electron chi connectivity index (χ4n) is 2.51. The Bertz CT molecular complexity index is 347. The van der Waals surface area contributed by atoms with Crippen LogP contribution in [-0.2, 0) is 14.3 Å². The second-order valence-electron chi connectivity index (χ2n) is 4.26. The zero-order chi connectivity index (χ0) is 12.0. The summed E-state index contributed by atoms with van der Waals surface area (Å²) in [6.07, 6.45) is 0.732. The van der Waals surface area contributed by atoms with Crippen LogP contribution in [0.1, 0.15) is 26.2 Å². The van der Waals surface area contributed by atoms with Crippen molar-refractivity contribution in [1.82, 2.24) is 4.90 Å². The van der Waals surface area contributed by atoms with Gasteiger partial charge >= 0.3 is 5.97 Å². The number of hydrogen-bond acceptors (Lipinski definition) is 3. The van der Waals surface area contributed by atoms with Gasteiger partial charge in [0, 0.05) is 12.8 Å². The monoisotopic (exact) mass is 341 g/mol. The molecule has 0 aromatic carbocycles. The summed E-state index contributed by atoms with van der Waals surface area (Å²) in [5.74, 6) is -0.610. The predicted molar refractivity (Wildman–Crippen MR) is 62.8 cm³/mol. The molecule has 2 fully saturated rings. The van der Waals surface area contributed by atoms with Crippen LogP contribution in [-0.4, -0.2) is 39.1 Å². The maximum atomic E-state index is 13.9. The maximum absolute atomic E-state index is 13.9. The Labute approximate surface area is 107 Å². The SMILES string of the molecule is CCOC(=O)C12CCC(=O)N1CC(F)(I)C2. The number of carbonyl (C=O) groups excluding carboxylic acids is 2. The van der Waals surface area contributed by atoms with Crippen molar-refractivity contribution in [2.75, 3.05) is 13.2 Å². The van der Waals surface area contributed by atoms with Crippen LogP contribution in [0.25, 0.3) is 0 Å². The molecule has 0 radical (unpaired) electrons. The summed E-state index contributed by atoms with van der Waals surface area (Å²) in [4.78, 5) is 24.9. The van der Waals surface area contributed by atoms with Crippen molar-refractivity contribution in [3.63, 3.8) is 0 Å². The summed E-state index contributed by atoms with van der Waals surface area (Å²) >= 11 is 1.67. The van der Waals surface area contributed by atoms with Gasteiger partial charge in [0.05, 0.1) is 13.2 Å². The molecule has 2 rings (SSSR count). The molecule has 6 heteroatoms. The van der Waals surface area contributed by atoms with Crippen molar-refractivity contribution in [1.29, 1.82) is 0 Å². The van der Waals surface area contributed by atoms with Gasteiger partial charge < -0.3 is 9.64 Å². The van der Waals surface area contributed by atoms with Gasteiger partial charge in [0.15, 0.2) is 3.68 Å². The highest BCUT2D eigenvalue weighted by Gasteiger charge is 2.62. The Hall–Kier alpha value is -0.400. The van der Waals surface area contributed by atoms with Gasteiger partial charge in [-0.25, -0.2) is 9.18 Å². The molecule has 16 heavy (non-hydrogen) atoms. The van der Waals surface area contributed by atoms with E-state index in [0.29, 0.717) is 12.8 Å². The molecule has 0 saturated carbocycles. The highest BCUT2D eigenvalue weighted by Crippen LogP contribution is 2.49. The summed E-state index contributed by atoms with van der Waals surface area (Å²) in [6.45, 7) is 1.95. The van der Waals surface area contributed by atoms with Gasteiger partial charge in [-0.3, -0.25) is 4.79 Å². The van der Waals surface area contributed by atoms with Gasteiger partial charge in [-0.2, -0.15) is 0 Å². The van der Waals surface area contributed by atoms with Crippen molar-refractivity contribution in [2.45, 2.75) is 35.4 Å². The molecule has 2 aliphatic rings. The normalized spacial score (nSPS) is 37.7.